The number of hydrogen-bond acceptors (Lipinski definition) is 11. The normalized spacial score (nSPS) is 19.8. The van der Waals surface area contributed by atoms with Crippen LogP contribution in [0.4, 0.5) is 0 Å². The van der Waals surface area contributed by atoms with Gasteiger partial charge >= 0.3 is 19.8 Å². The van der Waals surface area contributed by atoms with E-state index in [-0.39, 0.29) is 50.7 Å². The van der Waals surface area contributed by atoms with Crippen LogP contribution < -0.4 is 5.73 Å². The van der Waals surface area contributed by atoms with Gasteiger partial charge in [0.25, 0.3) is 0 Å². The average Bonchev–Trinajstić information content (AvgIpc) is 3.44. The lowest BCUT2D eigenvalue weighted by molar-refractivity contribution is -0.161. The van der Waals surface area contributed by atoms with Crippen LogP contribution in [0.15, 0.2) is 48.6 Å². The van der Waals surface area contributed by atoms with E-state index in [0.29, 0.717) is 32.1 Å². The van der Waals surface area contributed by atoms with Gasteiger partial charge in [-0.2, -0.15) is 0 Å². The minimum absolute atomic E-state index is 0.00682. The molecule has 0 aliphatic heterocycles. The Morgan fingerprint density at radius 3 is 2.16 bits per heavy atom. The summed E-state index contributed by atoms with van der Waals surface area (Å²) in [5.41, 5.74) is 5.33. The molecule has 0 saturated heterocycles. The van der Waals surface area contributed by atoms with Crippen LogP contribution in [0.25, 0.3) is 0 Å². The first-order valence-electron chi connectivity index (χ1n) is 21.2. The molecule has 0 radical (unpaired) electrons. The molecule has 0 aromatic carbocycles. The summed E-state index contributed by atoms with van der Waals surface area (Å²) in [6, 6.07) is 0. The molecule has 6 atom stereocenters. The highest BCUT2D eigenvalue weighted by Crippen LogP contribution is 2.43. The van der Waals surface area contributed by atoms with Gasteiger partial charge in [-0.25, -0.2) is 4.57 Å². The summed E-state index contributed by atoms with van der Waals surface area (Å²) < 4.78 is 32.7. The third kappa shape index (κ3) is 27.2. The summed E-state index contributed by atoms with van der Waals surface area (Å²) in [7, 11) is -4.46. The van der Waals surface area contributed by atoms with Crippen LogP contribution >= 0.6 is 7.82 Å². The third-order valence-electron chi connectivity index (χ3n) is 9.56. The number of esters is 2. The van der Waals surface area contributed by atoms with Gasteiger partial charge in [0.2, 0.25) is 0 Å². The molecule has 0 aromatic heterocycles. The van der Waals surface area contributed by atoms with Crippen molar-refractivity contribution in [3.8, 4) is 0 Å². The van der Waals surface area contributed by atoms with E-state index in [4.69, 9.17) is 24.3 Å². The van der Waals surface area contributed by atoms with Crippen molar-refractivity contribution in [3.63, 3.8) is 0 Å². The van der Waals surface area contributed by atoms with Crippen molar-refractivity contribution in [2.24, 2.45) is 17.6 Å². The van der Waals surface area contributed by atoms with Crippen molar-refractivity contribution in [1.29, 1.82) is 0 Å². The molecule has 0 aromatic rings. The van der Waals surface area contributed by atoms with E-state index in [2.05, 4.69) is 38.2 Å². The number of aliphatic hydroxyl groups excluding tert-OH is 2. The van der Waals surface area contributed by atoms with E-state index >= 15 is 0 Å². The molecule has 322 valence electrons. The number of allylic oxidation sites excluding steroid dienone is 7. The van der Waals surface area contributed by atoms with Gasteiger partial charge in [-0.15, -0.1) is 0 Å². The Morgan fingerprint density at radius 1 is 0.821 bits per heavy atom. The summed E-state index contributed by atoms with van der Waals surface area (Å²) >= 11 is 0. The number of unbranched alkanes of at least 4 members (excludes halogenated alkanes) is 11. The number of aliphatic hydroxyl groups is 2. The number of Topliss-reactive ketones (excluding diaryl/α,β-unsaturated/α-hetero) is 1. The van der Waals surface area contributed by atoms with Crippen LogP contribution in [0.2, 0.25) is 0 Å². The molecule has 0 spiro atoms. The van der Waals surface area contributed by atoms with E-state index in [9.17, 15) is 34.1 Å². The summed E-state index contributed by atoms with van der Waals surface area (Å²) in [6.45, 7) is 3.25. The molecule has 56 heavy (non-hydrogen) atoms. The molecule has 12 nitrogen and oxygen atoms in total. The molecule has 1 aliphatic rings. The van der Waals surface area contributed by atoms with Gasteiger partial charge in [0.1, 0.15) is 12.4 Å². The van der Waals surface area contributed by atoms with Gasteiger partial charge in [0, 0.05) is 37.6 Å². The van der Waals surface area contributed by atoms with Crippen LogP contribution in [-0.2, 0) is 37.5 Å². The maximum absolute atomic E-state index is 12.7. The largest absolute Gasteiger partial charge is 0.472 e. The summed E-state index contributed by atoms with van der Waals surface area (Å²) in [5, 5.41) is 20.7. The molecular formula is C43H74NO11P. The molecule has 0 amide bonds. The quantitative estimate of drug-likeness (QED) is 0.0207. The Balaban J connectivity index is 2.45. The van der Waals surface area contributed by atoms with E-state index in [0.717, 1.165) is 64.2 Å². The van der Waals surface area contributed by atoms with Crippen molar-refractivity contribution >= 4 is 25.5 Å². The molecule has 1 aliphatic carbocycles. The van der Waals surface area contributed by atoms with E-state index < -0.39 is 50.6 Å². The number of phosphoric ester groups is 1. The third-order valence-corrected chi connectivity index (χ3v) is 10.5. The summed E-state index contributed by atoms with van der Waals surface area (Å²) in [6.07, 6.45) is 30.8. The zero-order chi connectivity index (χ0) is 41.3. The number of carbonyl (C=O) groups is 3. The second-order valence-electron chi connectivity index (χ2n) is 14.6. The maximum atomic E-state index is 12.7. The van der Waals surface area contributed by atoms with Gasteiger partial charge in [-0.1, -0.05) is 114 Å². The Bertz CT molecular complexity index is 1220. The van der Waals surface area contributed by atoms with Gasteiger partial charge in [0.15, 0.2) is 6.10 Å². The Morgan fingerprint density at radius 2 is 1.45 bits per heavy atom. The molecule has 13 heteroatoms. The van der Waals surface area contributed by atoms with Crippen molar-refractivity contribution < 1.29 is 52.6 Å². The van der Waals surface area contributed by atoms with Gasteiger partial charge < -0.3 is 30.3 Å². The highest BCUT2D eigenvalue weighted by molar-refractivity contribution is 7.47. The first-order chi connectivity index (χ1) is 27.0. The van der Waals surface area contributed by atoms with Crippen LogP contribution in [0.1, 0.15) is 149 Å². The Hall–Kier alpha value is -2.44. The van der Waals surface area contributed by atoms with E-state index in [1.54, 1.807) is 12.2 Å². The number of phosphoric acid groups is 1. The standard InChI is InChI=1S/C43H74NO11P/c1-3-5-7-8-9-10-11-12-13-14-15-16-17-18-23-27-42(48)52-34-37(35-54-56(50,51)53-32-31-44)55-43(49)28-24-20-19-22-26-38-39(41(47)33-40(38)46)30-29-36(45)25-21-6-4-2/h9-10,12-13,19,22,29-30,36-40,45-46H,3-8,11,14-18,20-21,23-28,31-35,44H2,1-2H3,(H,50,51)/b10-9-,13-12-,22-19-,30-29+/t36-,37+,38+,39+,40-/m0/s1. The zero-order valence-electron chi connectivity index (χ0n) is 34.3. The second kappa shape index (κ2) is 33.5. The van der Waals surface area contributed by atoms with Crippen molar-refractivity contribution in [1.82, 2.24) is 0 Å². The minimum Gasteiger partial charge on any atom is -0.462 e. The highest BCUT2D eigenvalue weighted by Gasteiger charge is 2.39. The van der Waals surface area contributed by atoms with Crippen molar-refractivity contribution in [2.45, 2.75) is 167 Å². The van der Waals surface area contributed by atoms with Crippen LogP contribution in [0.5, 0.6) is 0 Å². The highest BCUT2D eigenvalue weighted by atomic mass is 31.2. The average molecular weight is 812 g/mol. The Kier molecular flexibility index (Phi) is 30.9. The predicted octanol–water partition coefficient (Wildman–Crippen LogP) is 8.53. The predicted molar refractivity (Wildman–Crippen MR) is 220 cm³/mol. The lowest BCUT2D eigenvalue weighted by atomic mass is 9.90. The fourth-order valence-electron chi connectivity index (χ4n) is 6.29. The van der Waals surface area contributed by atoms with Gasteiger partial charge in [-0.05, 0) is 64.2 Å². The van der Waals surface area contributed by atoms with Crippen LogP contribution in [-0.4, -0.2) is 77.5 Å². The molecule has 0 bridgehead atoms. The monoisotopic (exact) mass is 811 g/mol. The van der Waals surface area contributed by atoms with E-state index in [1.807, 2.05) is 12.2 Å². The maximum Gasteiger partial charge on any atom is 0.472 e. The smallest absolute Gasteiger partial charge is 0.462 e. The van der Waals surface area contributed by atoms with Crippen LogP contribution in [0.3, 0.4) is 0 Å². The zero-order valence-corrected chi connectivity index (χ0v) is 35.2. The lowest BCUT2D eigenvalue weighted by Crippen LogP contribution is -2.29. The number of rotatable bonds is 35. The van der Waals surface area contributed by atoms with Crippen LogP contribution in [0, 0.1) is 11.8 Å². The molecule has 1 rings (SSSR count). The number of ketones is 1. The Labute approximate surface area is 337 Å². The number of hydrogen-bond donors (Lipinski definition) is 4. The minimum atomic E-state index is -4.46. The molecule has 1 saturated carbocycles. The summed E-state index contributed by atoms with van der Waals surface area (Å²) in [4.78, 5) is 47.5. The van der Waals surface area contributed by atoms with E-state index in [1.165, 1.54) is 19.3 Å². The van der Waals surface area contributed by atoms with Crippen molar-refractivity contribution in [2.75, 3.05) is 26.4 Å². The SMILES string of the molecule is CCCCC/C=C\C/C=C\CCCCCCCC(=O)OC[C@H](COP(=O)(O)OCCN)OC(=O)CCC/C=C\C[C@H]1[C@@H](O)CC(=O)[C@@H]1/C=C/[C@@H](O)CCCCC. The van der Waals surface area contributed by atoms with Crippen molar-refractivity contribution in [3.05, 3.63) is 48.6 Å². The number of nitrogens with two attached hydrogens (primary N) is 1. The fourth-order valence-corrected chi connectivity index (χ4v) is 7.06. The van der Waals surface area contributed by atoms with Gasteiger partial charge in [0.05, 0.1) is 25.4 Å². The molecule has 0 heterocycles. The molecule has 5 N–H and O–H groups in total. The molecule has 1 fully saturated rings. The molecule has 1 unspecified atom stereocenters. The topological polar surface area (TPSA) is 192 Å². The molecular weight excluding hydrogens is 737 g/mol. The summed E-state index contributed by atoms with van der Waals surface area (Å²) in [5.74, 6) is -1.81. The lowest BCUT2D eigenvalue weighted by Gasteiger charge is -2.19. The first-order valence-corrected chi connectivity index (χ1v) is 22.7. The number of carbonyl (C=O) groups excluding carboxylic acids is 3. The fraction of sp³-hybridized carbons (Fsp3) is 0.744. The first kappa shape index (κ1) is 51.6. The second-order valence-corrected chi connectivity index (χ2v) is 16.1. The number of ether oxygens (including phenoxy) is 2. The van der Waals surface area contributed by atoms with Gasteiger partial charge in [-0.3, -0.25) is 23.4 Å².